The van der Waals surface area contributed by atoms with E-state index in [2.05, 4.69) is 22.2 Å². The van der Waals surface area contributed by atoms with Gasteiger partial charge >= 0.3 is 0 Å². The molecule has 5 heteroatoms. The highest BCUT2D eigenvalue weighted by molar-refractivity contribution is 5.93. The van der Waals surface area contributed by atoms with Gasteiger partial charge in [0.15, 0.2) is 0 Å². The number of nitrogens with one attached hydrogen (secondary N) is 1. The van der Waals surface area contributed by atoms with Crippen LogP contribution in [0.25, 0.3) is 0 Å². The van der Waals surface area contributed by atoms with Gasteiger partial charge in [0.1, 0.15) is 5.82 Å². The molecule has 22 heavy (non-hydrogen) atoms. The van der Waals surface area contributed by atoms with E-state index in [1.54, 1.807) is 23.5 Å². The molecule has 0 unspecified atom stereocenters. The molecule has 5 nitrogen and oxygen atoms in total. The number of unbranched alkanes of at least 4 members (excludes halogenated alkanes) is 1. The smallest absolute Gasteiger partial charge is 0.255 e. The topological polar surface area (TPSA) is 58.1 Å². The van der Waals surface area contributed by atoms with Crippen molar-refractivity contribution in [3.8, 4) is 0 Å². The second-order valence-electron chi connectivity index (χ2n) is 5.22. The quantitative estimate of drug-likeness (QED) is 0.854. The van der Waals surface area contributed by atoms with E-state index in [1.807, 2.05) is 31.3 Å². The molecule has 0 atom stereocenters. The summed E-state index contributed by atoms with van der Waals surface area (Å²) in [6.45, 7) is 3.57. The highest BCUT2D eigenvalue weighted by atomic mass is 16.2. The maximum atomic E-state index is 12.2. The Balaban J connectivity index is 1.91. The molecule has 0 bridgehead atoms. The second-order valence-corrected chi connectivity index (χ2v) is 5.22. The molecule has 0 fully saturated rings. The highest BCUT2D eigenvalue weighted by Gasteiger charge is 2.11. The van der Waals surface area contributed by atoms with Crippen molar-refractivity contribution in [3.63, 3.8) is 0 Å². The van der Waals surface area contributed by atoms with Gasteiger partial charge in [-0.05, 0) is 36.2 Å². The molecule has 0 radical (unpaired) electrons. The number of rotatable bonds is 7. The molecule has 0 spiro atoms. The Bertz CT molecular complexity index is 583. The largest absolute Gasteiger partial charge is 0.366 e. The summed E-state index contributed by atoms with van der Waals surface area (Å²) in [5.74, 6) is 0.770. The van der Waals surface area contributed by atoms with Gasteiger partial charge in [-0.15, -0.1) is 0 Å². The number of pyridine rings is 2. The van der Waals surface area contributed by atoms with Gasteiger partial charge in [-0.25, -0.2) is 4.98 Å². The fourth-order valence-corrected chi connectivity index (χ4v) is 2.04. The fourth-order valence-electron chi connectivity index (χ4n) is 2.04. The minimum Gasteiger partial charge on any atom is -0.366 e. The third kappa shape index (κ3) is 4.55. The van der Waals surface area contributed by atoms with Crippen molar-refractivity contribution >= 4 is 11.7 Å². The van der Waals surface area contributed by atoms with Crippen LogP contribution >= 0.6 is 0 Å². The van der Waals surface area contributed by atoms with E-state index in [0.29, 0.717) is 12.1 Å². The lowest BCUT2D eigenvalue weighted by Crippen LogP contribution is -2.27. The summed E-state index contributed by atoms with van der Waals surface area (Å²) in [4.78, 5) is 22.2. The average molecular weight is 298 g/mol. The van der Waals surface area contributed by atoms with Crippen molar-refractivity contribution in [2.45, 2.75) is 26.3 Å². The average Bonchev–Trinajstić information content (AvgIpc) is 2.58. The van der Waals surface area contributed by atoms with E-state index in [9.17, 15) is 4.79 Å². The Kier molecular flexibility index (Phi) is 5.89. The molecule has 1 N–H and O–H groups in total. The number of hydrogen-bond donors (Lipinski definition) is 1. The minimum atomic E-state index is 0.0154. The van der Waals surface area contributed by atoms with Gasteiger partial charge in [0.05, 0.1) is 5.56 Å². The summed E-state index contributed by atoms with van der Waals surface area (Å²) >= 11 is 0. The molecule has 0 saturated carbocycles. The number of anilines is 1. The normalized spacial score (nSPS) is 10.3. The van der Waals surface area contributed by atoms with Crippen LogP contribution in [0.5, 0.6) is 0 Å². The maximum absolute atomic E-state index is 12.2. The SMILES string of the molecule is CCCCN(C)C(=O)c1ccc(NCc2ccncc2)nc1. The molecular weight excluding hydrogens is 276 g/mol. The zero-order chi connectivity index (χ0) is 15.8. The lowest BCUT2D eigenvalue weighted by molar-refractivity contribution is 0.0793. The standard InChI is InChI=1S/C17H22N4O/c1-3-4-11-21(2)17(22)15-5-6-16(20-13-15)19-12-14-7-9-18-10-8-14/h5-10,13H,3-4,11-12H2,1-2H3,(H,19,20). The molecule has 116 valence electrons. The number of carbonyl (C=O) groups excluding carboxylic acids is 1. The van der Waals surface area contributed by atoms with Gasteiger partial charge in [-0.3, -0.25) is 9.78 Å². The predicted octanol–water partition coefficient (Wildman–Crippen LogP) is 2.96. The molecule has 0 aromatic carbocycles. The summed E-state index contributed by atoms with van der Waals surface area (Å²) in [5, 5.41) is 3.23. The van der Waals surface area contributed by atoms with Crippen LogP contribution in [-0.2, 0) is 6.54 Å². The van der Waals surface area contributed by atoms with E-state index in [1.165, 1.54) is 0 Å². The fraction of sp³-hybridized carbons (Fsp3) is 0.353. The van der Waals surface area contributed by atoms with E-state index < -0.39 is 0 Å². The molecule has 2 aromatic rings. The summed E-state index contributed by atoms with van der Waals surface area (Å²) in [6, 6.07) is 7.55. The van der Waals surface area contributed by atoms with Crippen LogP contribution in [-0.4, -0.2) is 34.4 Å². The highest BCUT2D eigenvalue weighted by Crippen LogP contribution is 2.09. The Hall–Kier alpha value is -2.43. The van der Waals surface area contributed by atoms with Crippen LogP contribution in [0.15, 0.2) is 42.9 Å². The number of hydrogen-bond acceptors (Lipinski definition) is 4. The van der Waals surface area contributed by atoms with Crippen molar-refractivity contribution in [3.05, 3.63) is 54.0 Å². The molecule has 2 rings (SSSR count). The predicted molar refractivity (Wildman–Crippen MR) is 87.7 cm³/mol. The molecule has 0 aliphatic carbocycles. The first-order valence-electron chi connectivity index (χ1n) is 7.55. The molecule has 0 aliphatic rings. The Morgan fingerprint density at radius 3 is 2.64 bits per heavy atom. The van der Waals surface area contributed by atoms with E-state index in [-0.39, 0.29) is 5.91 Å². The van der Waals surface area contributed by atoms with Gasteiger partial charge < -0.3 is 10.2 Å². The molecular formula is C17H22N4O. The molecule has 1 amide bonds. The molecule has 0 aliphatic heterocycles. The lowest BCUT2D eigenvalue weighted by Gasteiger charge is -2.16. The number of nitrogens with zero attached hydrogens (tertiary/aromatic N) is 3. The van der Waals surface area contributed by atoms with Gasteiger partial charge in [0, 0.05) is 38.7 Å². The van der Waals surface area contributed by atoms with Crippen LogP contribution in [0.3, 0.4) is 0 Å². The van der Waals surface area contributed by atoms with E-state index in [4.69, 9.17) is 0 Å². The van der Waals surface area contributed by atoms with E-state index >= 15 is 0 Å². The van der Waals surface area contributed by atoms with Crippen LogP contribution in [0, 0.1) is 0 Å². The minimum absolute atomic E-state index is 0.0154. The van der Waals surface area contributed by atoms with Crippen molar-refractivity contribution in [1.29, 1.82) is 0 Å². The first-order valence-corrected chi connectivity index (χ1v) is 7.55. The van der Waals surface area contributed by atoms with Crippen molar-refractivity contribution in [2.75, 3.05) is 18.9 Å². The van der Waals surface area contributed by atoms with Gasteiger partial charge in [0.2, 0.25) is 0 Å². The Morgan fingerprint density at radius 1 is 1.23 bits per heavy atom. The van der Waals surface area contributed by atoms with E-state index in [0.717, 1.165) is 30.8 Å². The number of carbonyl (C=O) groups is 1. The number of amides is 1. The van der Waals surface area contributed by atoms with Gasteiger partial charge in [0.25, 0.3) is 5.91 Å². The monoisotopic (exact) mass is 298 g/mol. The summed E-state index contributed by atoms with van der Waals surface area (Å²) in [6.07, 6.45) is 7.24. The third-order valence-corrected chi connectivity index (χ3v) is 3.43. The zero-order valence-electron chi connectivity index (χ0n) is 13.1. The Labute approximate surface area is 131 Å². The van der Waals surface area contributed by atoms with Crippen molar-refractivity contribution < 1.29 is 4.79 Å². The summed E-state index contributed by atoms with van der Waals surface area (Å²) in [5.41, 5.74) is 1.75. The molecule has 2 heterocycles. The Morgan fingerprint density at radius 2 is 2.00 bits per heavy atom. The van der Waals surface area contributed by atoms with Gasteiger partial charge in [-0.1, -0.05) is 13.3 Å². The third-order valence-electron chi connectivity index (χ3n) is 3.43. The summed E-state index contributed by atoms with van der Waals surface area (Å²) in [7, 11) is 1.83. The second kappa shape index (κ2) is 8.12. The maximum Gasteiger partial charge on any atom is 0.255 e. The number of aromatic nitrogens is 2. The van der Waals surface area contributed by atoms with Crippen molar-refractivity contribution in [2.24, 2.45) is 0 Å². The van der Waals surface area contributed by atoms with Crippen molar-refractivity contribution in [1.82, 2.24) is 14.9 Å². The zero-order valence-corrected chi connectivity index (χ0v) is 13.1. The summed E-state index contributed by atoms with van der Waals surface area (Å²) < 4.78 is 0. The van der Waals surface area contributed by atoms with Crippen LogP contribution in [0.4, 0.5) is 5.82 Å². The van der Waals surface area contributed by atoms with Crippen LogP contribution < -0.4 is 5.32 Å². The molecule has 0 saturated heterocycles. The van der Waals surface area contributed by atoms with Crippen LogP contribution in [0.1, 0.15) is 35.7 Å². The molecule has 2 aromatic heterocycles. The van der Waals surface area contributed by atoms with Gasteiger partial charge in [-0.2, -0.15) is 0 Å². The first-order chi connectivity index (χ1) is 10.7. The van der Waals surface area contributed by atoms with Crippen LogP contribution in [0.2, 0.25) is 0 Å². The first kappa shape index (κ1) is 15.9. The lowest BCUT2D eigenvalue weighted by atomic mass is 10.2.